The van der Waals surface area contributed by atoms with Gasteiger partial charge < -0.3 is 14.8 Å². The summed E-state index contributed by atoms with van der Waals surface area (Å²) in [6.45, 7) is 1.68. The number of nitro groups is 2. The molecule has 3 rings (SSSR count). The van der Waals surface area contributed by atoms with E-state index in [9.17, 15) is 43.5 Å². The minimum Gasteiger partial charge on any atom is -0.490 e. The molecule has 0 heterocycles. The normalized spacial score (nSPS) is 11.3. The molecule has 0 fully saturated rings. The Bertz CT molecular complexity index is 1570. The van der Waals surface area contributed by atoms with E-state index < -0.39 is 44.4 Å². The highest BCUT2D eigenvalue weighted by atomic mass is 35.5. The Morgan fingerprint density at radius 1 is 1.10 bits per heavy atom. The Balaban J connectivity index is 1.96. The van der Waals surface area contributed by atoms with Gasteiger partial charge in [-0.15, -0.1) is 0 Å². The lowest BCUT2D eigenvalue weighted by atomic mass is 10.1. The van der Waals surface area contributed by atoms with Crippen LogP contribution in [0.4, 0.5) is 30.2 Å². The van der Waals surface area contributed by atoms with Gasteiger partial charge in [-0.05, 0) is 55.0 Å². The molecule has 1 N–H and O–H groups in total. The number of amides is 1. The lowest BCUT2D eigenvalue weighted by Crippen LogP contribution is -2.14. The summed E-state index contributed by atoms with van der Waals surface area (Å²) in [4.78, 5) is 33.4. The number of hydrogen-bond acceptors (Lipinski definition) is 8. The maximum absolute atomic E-state index is 13.0. The summed E-state index contributed by atoms with van der Waals surface area (Å²) < 4.78 is 50.0. The third-order valence-corrected chi connectivity index (χ3v) is 5.30. The SMILES string of the molecule is CCOc1cc(/C=C(\C#N)C(=O)Nc2cccc(C(F)(F)F)c2)cc(Cl)c1Oc1ccc([N+](=O)[O-])cc1[N+](=O)[O-]. The van der Waals surface area contributed by atoms with Crippen LogP contribution in [0.5, 0.6) is 17.2 Å². The zero-order chi connectivity index (χ0) is 29.6. The summed E-state index contributed by atoms with van der Waals surface area (Å²) >= 11 is 6.33. The number of anilines is 1. The van der Waals surface area contributed by atoms with Gasteiger partial charge in [0.05, 0.1) is 33.1 Å². The van der Waals surface area contributed by atoms with Crippen LogP contribution >= 0.6 is 11.6 Å². The van der Waals surface area contributed by atoms with E-state index in [4.69, 9.17) is 21.1 Å². The first-order valence-electron chi connectivity index (χ1n) is 11.0. The first-order chi connectivity index (χ1) is 18.8. The number of nitriles is 1. The van der Waals surface area contributed by atoms with Gasteiger partial charge in [0.2, 0.25) is 5.75 Å². The van der Waals surface area contributed by atoms with Gasteiger partial charge >= 0.3 is 11.9 Å². The molecule has 15 heteroatoms. The summed E-state index contributed by atoms with van der Waals surface area (Å²) in [5.41, 5.74) is -2.78. The molecule has 0 spiro atoms. The van der Waals surface area contributed by atoms with Crippen LogP contribution < -0.4 is 14.8 Å². The van der Waals surface area contributed by atoms with Crippen molar-refractivity contribution in [3.63, 3.8) is 0 Å². The van der Waals surface area contributed by atoms with Crippen molar-refractivity contribution in [2.24, 2.45) is 0 Å². The van der Waals surface area contributed by atoms with Crippen molar-refractivity contribution in [1.29, 1.82) is 5.26 Å². The molecule has 0 bridgehead atoms. The minimum absolute atomic E-state index is 0.0514. The van der Waals surface area contributed by atoms with Crippen LogP contribution in [0.25, 0.3) is 6.08 Å². The van der Waals surface area contributed by atoms with Gasteiger partial charge in [-0.2, -0.15) is 18.4 Å². The average molecular weight is 577 g/mol. The molecule has 0 unspecified atom stereocenters. The standard InChI is InChI=1S/C25H16ClF3N4O7/c1-2-39-22-10-14(8-15(13-30)24(34)31-17-5-3-4-16(11-17)25(27,28)29)9-19(26)23(22)40-21-7-6-18(32(35)36)12-20(21)33(37)38/h3-12H,2H2,1H3,(H,31,34)/b15-8+. The number of ether oxygens (including phenoxy) is 2. The summed E-state index contributed by atoms with van der Waals surface area (Å²) in [5, 5.41) is 34.0. The van der Waals surface area contributed by atoms with E-state index in [-0.39, 0.29) is 40.1 Å². The van der Waals surface area contributed by atoms with Crippen LogP contribution in [-0.2, 0) is 11.0 Å². The van der Waals surface area contributed by atoms with E-state index in [0.29, 0.717) is 12.1 Å². The summed E-state index contributed by atoms with van der Waals surface area (Å²) in [6, 6.07) is 10.8. The molecule has 0 aliphatic heterocycles. The van der Waals surface area contributed by atoms with Crippen molar-refractivity contribution in [3.05, 3.63) is 96.5 Å². The topological polar surface area (TPSA) is 158 Å². The van der Waals surface area contributed by atoms with Crippen molar-refractivity contribution >= 4 is 40.6 Å². The van der Waals surface area contributed by atoms with Crippen LogP contribution in [0, 0.1) is 31.6 Å². The predicted molar refractivity (Wildman–Crippen MR) is 136 cm³/mol. The van der Waals surface area contributed by atoms with E-state index in [1.165, 1.54) is 18.2 Å². The second-order valence-electron chi connectivity index (χ2n) is 7.73. The Labute approximate surface area is 228 Å². The summed E-state index contributed by atoms with van der Waals surface area (Å²) in [7, 11) is 0. The number of nitrogens with one attached hydrogen (secondary N) is 1. The van der Waals surface area contributed by atoms with Gasteiger partial charge in [-0.3, -0.25) is 25.0 Å². The van der Waals surface area contributed by atoms with Gasteiger partial charge in [0.15, 0.2) is 11.5 Å². The van der Waals surface area contributed by atoms with Crippen LogP contribution in [0.1, 0.15) is 18.1 Å². The fraction of sp³-hybridized carbons (Fsp3) is 0.120. The lowest BCUT2D eigenvalue weighted by Gasteiger charge is -2.14. The molecule has 0 radical (unpaired) electrons. The number of benzene rings is 3. The van der Waals surface area contributed by atoms with E-state index >= 15 is 0 Å². The van der Waals surface area contributed by atoms with Gasteiger partial charge in [0.1, 0.15) is 11.6 Å². The molecule has 1 amide bonds. The molecule has 3 aromatic rings. The fourth-order valence-electron chi connectivity index (χ4n) is 3.28. The molecule has 3 aromatic carbocycles. The maximum atomic E-state index is 13.0. The number of hydrogen-bond donors (Lipinski definition) is 1. The zero-order valence-corrected chi connectivity index (χ0v) is 20.9. The molecule has 0 aliphatic rings. The first kappa shape index (κ1) is 29.4. The van der Waals surface area contributed by atoms with Crippen LogP contribution in [0.3, 0.4) is 0 Å². The number of nitro benzene ring substituents is 2. The number of rotatable bonds is 9. The third kappa shape index (κ3) is 7.03. The highest BCUT2D eigenvalue weighted by Crippen LogP contribution is 2.43. The van der Waals surface area contributed by atoms with Crippen molar-refractivity contribution in [2.45, 2.75) is 13.1 Å². The maximum Gasteiger partial charge on any atom is 0.416 e. The van der Waals surface area contributed by atoms with Crippen molar-refractivity contribution in [2.75, 3.05) is 11.9 Å². The van der Waals surface area contributed by atoms with Gasteiger partial charge in [-0.1, -0.05) is 17.7 Å². The molecule has 0 saturated heterocycles. The number of nitrogens with zero attached hydrogens (tertiary/aromatic N) is 3. The van der Waals surface area contributed by atoms with E-state index in [2.05, 4.69) is 5.32 Å². The predicted octanol–water partition coefficient (Wildman–Crippen LogP) is 6.91. The Morgan fingerprint density at radius 3 is 2.42 bits per heavy atom. The van der Waals surface area contributed by atoms with E-state index in [1.54, 1.807) is 13.0 Å². The monoisotopic (exact) mass is 576 g/mol. The quantitative estimate of drug-likeness (QED) is 0.124. The molecule has 11 nitrogen and oxygen atoms in total. The van der Waals surface area contributed by atoms with Gasteiger partial charge in [-0.25, -0.2) is 0 Å². The Kier molecular flexibility index (Phi) is 8.92. The Hall–Kier alpha value is -5.16. The van der Waals surface area contributed by atoms with Crippen LogP contribution in [0.15, 0.2) is 60.2 Å². The van der Waals surface area contributed by atoms with E-state index in [1.807, 2.05) is 0 Å². The largest absolute Gasteiger partial charge is 0.490 e. The molecule has 0 aromatic heterocycles. The second-order valence-corrected chi connectivity index (χ2v) is 8.14. The molecule has 40 heavy (non-hydrogen) atoms. The van der Waals surface area contributed by atoms with E-state index in [0.717, 1.165) is 30.3 Å². The molecular weight excluding hydrogens is 561 g/mol. The minimum atomic E-state index is -4.64. The van der Waals surface area contributed by atoms with Crippen molar-refractivity contribution in [3.8, 4) is 23.3 Å². The van der Waals surface area contributed by atoms with Crippen molar-refractivity contribution in [1.82, 2.24) is 0 Å². The molecule has 0 aliphatic carbocycles. The fourth-order valence-corrected chi connectivity index (χ4v) is 3.54. The first-order valence-corrected chi connectivity index (χ1v) is 11.4. The highest BCUT2D eigenvalue weighted by Gasteiger charge is 2.30. The average Bonchev–Trinajstić information content (AvgIpc) is 2.88. The summed E-state index contributed by atoms with van der Waals surface area (Å²) in [6.07, 6.45) is -3.55. The van der Waals surface area contributed by atoms with Crippen molar-refractivity contribution < 1.29 is 37.3 Å². The number of non-ortho nitro benzene ring substituents is 1. The molecule has 0 atom stereocenters. The Morgan fingerprint density at radius 2 is 1.82 bits per heavy atom. The van der Waals surface area contributed by atoms with Gasteiger partial charge in [0.25, 0.3) is 11.6 Å². The third-order valence-electron chi connectivity index (χ3n) is 5.02. The number of carbonyl (C=O) groups is 1. The second kappa shape index (κ2) is 12.1. The number of halogens is 4. The molecule has 206 valence electrons. The smallest absolute Gasteiger partial charge is 0.416 e. The lowest BCUT2D eigenvalue weighted by molar-refractivity contribution is -0.394. The van der Waals surface area contributed by atoms with Crippen LogP contribution in [0.2, 0.25) is 5.02 Å². The van der Waals surface area contributed by atoms with Crippen LogP contribution in [-0.4, -0.2) is 22.4 Å². The summed E-state index contributed by atoms with van der Waals surface area (Å²) in [5.74, 6) is -1.62. The zero-order valence-electron chi connectivity index (χ0n) is 20.2. The molecular formula is C25H16ClF3N4O7. The number of carbonyl (C=O) groups excluding carboxylic acids is 1. The van der Waals surface area contributed by atoms with Gasteiger partial charge in [0, 0.05) is 11.8 Å². The molecule has 0 saturated carbocycles. The highest BCUT2D eigenvalue weighted by molar-refractivity contribution is 6.32. The number of alkyl halides is 3.